The largest absolute Gasteiger partial charge is 0.496 e. The Morgan fingerprint density at radius 1 is 1.07 bits per heavy atom. The summed E-state index contributed by atoms with van der Waals surface area (Å²) in [5, 5.41) is 4.14. The molecule has 214 valence electrons. The highest BCUT2D eigenvalue weighted by atomic mass is 35.5. The number of nitrogens with one attached hydrogen (secondary N) is 1. The minimum atomic E-state index is 0.0529. The summed E-state index contributed by atoms with van der Waals surface area (Å²) in [7, 11) is 1.64. The van der Waals surface area contributed by atoms with Crippen molar-refractivity contribution in [2.45, 2.75) is 38.3 Å². The van der Waals surface area contributed by atoms with Gasteiger partial charge in [0.2, 0.25) is 0 Å². The number of carbonyl (C=O) groups excluding carboxylic acids is 1. The van der Waals surface area contributed by atoms with Crippen molar-refractivity contribution in [3.05, 3.63) is 88.4 Å². The number of halogens is 1. The van der Waals surface area contributed by atoms with Crippen LogP contribution in [-0.2, 0) is 24.1 Å². The zero-order valence-electron chi connectivity index (χ0n) is 23.4. The van der Waals surface area contributed by atoms with Gasteiger partial charge in [-0.15, -0.1) is 0 Å². The van der Waals surface area contributed by atoms with Crippen LogP contribution in [0.1, 0.15) is 51.4 Å². The van der Waals surface area contributed by atoms with Gasteiger partial charge in [0.1, 0.15) is 17.4 Å². The molecule has 0 radical (unpaired) electrons. The number of hydrogen-bond acceptors (Lipinski definition) is 7. The minimum absolute atomic E-state index is 0.0529. The molecule has 1 amide bonds. The lowest BCUT2D eigenvalue weighted by Crippen LogP contribution is -2.50. The molecule has 3 heterocycles. The Morgan fingerprint density at radius 2 is 1.85 bits per heavy atom. The van der Waals surface area contributed by atoms with Crippen molar-refractivity contribution in [2.75, 3.05) is 51.8 Å². The number of allylic oxidation sites excluding steroid dienone is 1. The van der Waals surface area contributed by atoms with Crippen LogP contribution in [0.3, 0.4) is 0 Å². The highest BCUT2D eigenvalue weighted by molar-refractivity contribution is 6.49. The first-order valence-corrected chi connectivity index (χ1v) is 14.8. The monoisotopic (exact) mass is 573 g/mol. The molecular formula is C32H36ClN5O3. The number of amides is 1. The van der Waals surface area contributed by atoms with Gasteiger partial charge in [0.15, 0.2) is 0 Å². The normalized spacial score (nSPS) is 17.7. The smallest absolute Gasteiger partial charge is 0.253 e. The van der Waals surface area contributed by atoms with E-state index in [1.807, 2.05) is 47.4 Å². The van der Waals surface area contributed by atoms with Crippen LogP contribution >= 0.6 is 11.6 Å². The third-order valence-corrected chi connectivity index (χ3v) is 8.59. The first kappa shape index (κ1) is 27.7. The molecular weight excluding hydrogens is 538 g/mol. The number of benzene rings is 2. The molecule has 0 unspecified atom stereocenters. The maximum atomic E-state index is 13.4. The van der Waals surface area contributed by atoms with E-state index in [-0.39, 0.29) is 5.91 Å². The summed E-state index contributed by atoms with van der Waals surface area (Å²) in [6, 6.07) is 16.4. The molecule has 0 saturated carbocycles. The molecule has 41 heavy (non-hydrogen) atoms. The van der Waals surface area contributed by atoms with Crippen LogP contribution in [0.15, 0.2) is 54.6 Å². The Kier molecular flexibility index (Phi) is 8.51. The fourth-order valence-electron chi connectivity index (χ4n) is 5.99. The number of carbonyl (C=O) groups is 1. The molecule has 0 bridgehead atoms. The van der Waals surface area contributed by atoms with Crippen molar-refractivity contribution in [1.82, 2.24) is 19.8 Å². The van der Waals surface area contributed by atoms with Gasteiger partial charge >= 0.3 is 0 Å². The second-order valence-electron chi connectivity index (χ2n) is 10.8. The van der Waals surface area contributed by atoms with Crippen LogP contribution in [-0.4, -0.2) is 78.2 Å². The predicted molar refractivity (Wildman–Crippen MR) is 160 cm³/mol. The highest BCUT2D eigenvalue weighted by Crippen LogP contribution is 2.35. The van der Waals surface area contributed by atoms with Crippen molar-refractivity contribution in [3.63, 3.8) is 0 Å². The van der Waals surface area contributed by atoms with E-state index in [1.165, 1.54) is 0 Å². The fourth-order valence-corrected chi connectivity index (χ4v) is 6.26. The van der Waals surface area contributed by atoms with E-state index in [0.717, 1.165) is 80.4 Å². The summed E-state index contributed by atoms with van der Waals surface area (Å²) < 4.78 is 11.2. The number of nitrogens with zero attached hydrogens (tertiary/aromatic N) is 4. The van der Waals surface area contributed by atoms with Gasteiger partial charge in [-0.1, -0.05) is 54.1 Å². The minimum Gasteiger partial charge on any atom is -0.496 e. The number of aromatic nitrogens is 2. The van der Waals surface area contributed by atoms with Gasteiger partial charge in [-0.2, -0.15) is 0 Å². The highest BCUT2D eigenvalue weighted by Gasteiger charge is 2.29. The zero-order chi connectivity index (χ0) is 28.2. The molecule has 2 saturated heterocycles. The molecule has 0 atom stereocenters. The maximum absolute atomic E-state index is 13.4. The van der Waals surface area contributed by atoms with E-state index in [4.69, 9.17) is 31.0 Å². The van der Waals surface area contributed by atoms with Gasteiger partial charge in [-0.3, -0.25) is 9.69 Å². The standard InChI is InChI=1S/C32H36ClN5O3/c1-40-28-19-24(32(39)38-13-11-25(12-14-38)37-15-17-41-18-16-37)8-7-23(28)20-29-35-27-10-9-26(33)30(27)31(36-29)34-21-22-5-3-2-4-6-22/h2-9,19,25H,10-18,20-21H2,1H3,(H,34,35,36). The van der Waals surface area contributed by atoms with Crippen LogP contribution in [0.5, 0.6) is 5.75 Å². The molecule has 9 heteroatoms. The number of ether oxygens (including phenoxy) is 2. The average molecular weight is 574 g/mol. The molecule has 1 aliphatic carbocycles. The van der Waals surface area contributed by atoms with Gasteiger partial charge in [-0.25, -0.2) is 9.97 Å². The summed E-state index contributed by atoms with van der Waals surface area (Å²) in [5.41, 5.74) is 4.53. The summed E-state index contributed by atoms with van der Waals surface area (Å²) in [5.74, 6) is 2.13. The lowest BCUT2D eigenvalue weighted by molar-refractivity contribution is 0.00158. The number of anilines is 1. The first-order valence-electron chi connectivity index (χ1n) is 14.4. The number of morpholine rings is 1. The molecule has 2 fully saturated rings. The zero-order valence-corrected chi connectivity index (χ0v) is 24.2. The number of likely N-dealkylation sites (tertiary alicyclic amines) is 1. The molecule has 6 rings (SSSR count). The van der Waals surface area contributed by atoms with Crippen molar-refractivity contribution >= 4 is 28.4 Å². The second-order valence-corrected chi connectivity index (χ2v) is 11.2. The van der Waals surface area contributed by atoms with Gasteiger partial charge in [0.05, 0.1) is 31.6 Å². The molecule has 2 aromatic carbocycles. The fraction of sp³-hybridized carbons (Fsp3) is 0.406. The van der Waals surface area contributed by atoms with Crippen LogP contribution in [0.2, 0.25) is 0 Å². The van der Waals surface area contributed by atoms with E-state index < -0.39 is 0 Å². The van der Waals surface area contributed by atoms with Crippen LogP contribution in [0.4, 0.5) is 5.82 Å². The van der Waals surface area contributed by atoms with Gasteiger partial charge in [0.25, 0.3) is 5.91 Å². The topological polar surface area (TPSA) is 79.8 Å². The first-order chi connectivity index (χ1) is 20.1. The predicted octanol–water partition coefficient (Wildman–Crippen LogP) is 4.76. The number of rotatable bonds is 8. The van der Waals surface area contributed by atoms with Crippen molar-refractivity contribution in [3.8, 4) is 5.75 Å². The molecule has 3 aliphatic rings. The van der Waals surface area contributed by atoms with E-state index >= 15 is 0 Å². The Morgan fingerprint density at radius 3 is 2.61 bits per heavy atom. The number of piperidine rings is 1. The van der Waals surface area contributed by atoms with Crippen molar-refractivity contribution in [1.29, 1.82) is 0 Å². The van der Waals surface area contributed by atoms with E-state index in [0.29, 0.717) is 47.6 Å². The van der Waals surface area contributed by atoms with E-state index in [9.17, 15) is 4.79 Å². The van der Waals surface area contributed by atoms with Crippen molar-refractivity contribution < 1.29 is 14.3 Å². The Bertz CT molecular complexity index is 1420. The molecule has 3 aromatic rings. The van der Waals surface area contributed by atoms with E-state index in [1.54, 1.807) is 7.11 Å². The molecule has 2 aliphatic heterocycles. The number of methoxy groups -OCH3 is 1. The van der Waals surface area contributed by atoms with Crippen LogP contribution in [0, 0.1) is 0 Å². The molecule has 8 nitrogen and oxygen atoms in total. The quantitative estimate of drug-likeness (QED) is 0.416. The summed E-state index contributed by atoms with van der Waals surface area (Å²) in [4.78, 5) is 27.6. The third kappa shape index (κ3) is 6.25. The molecule has 0 spiro atoms. The Balaban J connectivity index is 1.15. The SMILES string of the molecule is COc1cc(C(=O)N2CCC(N3CCOCC3)CC2)ccc1Cc1nc2c(c(NCc3ccccc3)n1)C(Cl)=CC2. The third-order valence-electron chi connectivity index (χ3n) is 8.24. The molecule has 1 aromatic heterocycles. The Hall–Kier alpha value is -3.46. The van der Waals surface area contributed by atoms with E-state index in [2.05, 4.69) is 22.3 Å². The number of hydrogen-bond donors (Lipinski definition) is 1. The van der Waals surface area contributed by atoms with Crippen LogP contribution < -0.4 is 10.1 Å². The summed E-state index contributed by atoms with van der Waals surface area (Å²) in [6.45, 7) is 5.75. The Labute approximate surface area is 246 Å². The summed E-state index contributed by atoms with van der Waals surface area (Å²) >= 11 is 6.53. The van der Waals surface area contributed by atoms with Gasteiger partial charge in [0, 0.05) is 67.8 Å². The maximum Gasteiger partial charge on any atom is 0.253 e. The lowest BCUT2D eigenvalue weighted by atomic mass is 10.0. The summed E-state index contributed by atoms with van der Waals surface area (Å²) in [6.07, 6.45) is 5.12. The lowest BCUT2D eigenvalue weighted by Gasteiger charge is -2.40. The van der Waals surface area contributed by atoms with Gasteiger partial charge < -0.3 is 19.7 Å². The van der Waals surface area contributed by atoms with Crippen LogP contribution in [0.25, 0.3) is 5.03 Å². The number of fused-ring (bicyclic) bond motifs is 1. The van der Waals surface area contributed by atoms with Crippen molar-refractivity contribution in [2.24, 2.45) is 0 Å². The second kappa shape index (κ2) is 12.6. The van der Waals surface area contributed by atoms with Gasteiger partial charge in [-0.05, 0) is 30.5 Å². The molecule has 1 N–H and O–H groups in total. The average Bonchev–Trinajstić information content (AvgIpc) is 3.41.